The smallest absolute Gasteiger partial charge is 0.327 e. The molecule has 1 aromatic rings. The second-order valence-electron chi connectivity index (χ2n) is 4.79. The third-order valence-corrected chi connectivity index (χ3v) is 4.83. The molecule has 21 heavy (non-hydrogen) atoms. The maximum absolute atomic E-state index is 12.5. The van der Waals surface area contributed by atoms with Crippen molar-refractivity contribution in [2.75, 3.05) is 19.4 Å². The maximum atomic E-state index is 12.5. The highest BCUT2D eigenvalue weighted by Crippen LogP contribution is 2.30. The minimum absolute atomic E-state index is 0.0327. The van der Waals surface area contributed by atoms with Crippen molar-refractivity contribution in [3.8, 4) is 5.75 Å². The molecule has 1 aliphatic heterocycles. The molecule has 0 aliphatic carbocycles. The van der Waals surface area contributed by atoms with Gasteiger partial charge in [-0.1, -0.05) is 6.92 Å². The molecule has 1 saturated heterocycles. The molecule has 0 saturated carbocycles. The van der Waals surface area contributed by atoms with Crippen molar-refractivity contribution >= 4 is 23.6 Å². The first-order chi connectivity index (χ1) is 10.1. The molecule has 5 nitrogen and oxygen atoms in total. The molecule has 1 N–H and O–H groups in total. The predicted molar refractivity (Wildman–Crippen MR) is 82.0 cm³/mol. The SMILES string of the molecule is CCSC1CCN(C(=O)c2ccc(OC)cc2)C1C(=O)O. The number of ether oxygens (including phenoxy) is 1. The van der Waals surface area contributed by atoms with Crippen molar-refractivity contribution in [2.45, 2.75) is 24.6 Å². The number of amides is 1. The van der Waals surface area contributed by atoms with Gasteiger partial charge in [0.25, 0.3) is 5.91 Å². The summed E-state index contributed by atoms with van der Waals surface area (Å²) >= 11 is 1.60. The van der Waals surface area contributed by atoms with E-state index in [1.54, 1.807) is 43.1 Å². The summed E-state index contributed by atoms with van der Waals surface area (Å²) in [6, 6.07) is 6.00. The van der Waals surface area contributed by atoms with Crippen LogP contribution < -0.4 is 4.74 Å². The van der Waals surface area contributed by atoms with Crippen LogP contribution in [0.3, 0.4) is 0 Å². The van der Waals surface area contributed by atoms with Crippen LogP contribution in [0.25, 0.3) is 0 Å². The molecule has 2 unspecified atom stereocenters. The highest BCUT2D eigenvalue weighted by molar-refractivity contribution is 7.99. The van der Waals surface area contributed by atoms with Gasteiger partial charge in [-0.3, -0.25) is 4.79 Å². The number of likely N-dealkylation sites (tertiary alicyclic amines) is 1. The van der Waals surface area contributed by atoms with Crippen LogP contribution in [0.2, 0.25) is 0 Å². The summed E-state index contributed by atoms with van der Waals surface area (Å²) in [7, 11) is 1.56. The number of carbonyl (C=O) groups is 2. The Balaban J connectivity index is 2.18. The van der Waals surface area contributed by atoms with Gasteiger partial charge in [0.2, 0.25) is 0 Å². The summed E-state index contributed by atoms with van der Waals surface area (Å²) in [6.45, 7) is 2.48. The molecule has 2 rings (SSSR count). The second kappa shape index (κ2) is 6.85. The van der Waals surface area contributed by atoms with E-state index in [0.717, 1.165) is 12.2 Å². The summed E-state index contributed by atoms with van der Waals surface area (Å²) in [5, 5.41) is 9.40. The van der Waals surface area contributed by atoms with Crippen LogP contribution in [0.4, 0.5) is 0 Å². The third-order valence-electron chi connectivity index (χ3n) is 3.57. The molecule has 0 aromatic heterocycles. The predicted octanol–water partition coefficient (Wildman–Crippen LogP) is 2.12. The highest BCUT2D eigenvalue weighted by Gasteiger charge is 2.42. The Morgan fingerprint density at radius 1 is 1.38 bits per heavy atom. The average Bonchev–Trinajstić information content (AvgIpc) is 2.91. The van der Waals surface area contributed by atoms with Crippen LogP contribution in [0.15, 0.2) is 24.3 Å². The third kappa shape index (κ3) is 3.32. The lowest BCUT2D eigenvalue weighted by molar-refractivity contribution is -0.141. The van der Waals surface area contributed by atoms with Gasteiger partial charge in [-0.15, -0.1) is 0 Å². The van der Waals surface area contributed by atoms with Crippen molar-refractivity contribution < 1.29 is 19.4 Å². The van der Waals surface area contributed by atoms with Gasteiger partial charge in [0.05, 0.1) is 7.11 Å². The lowest BCUT2D eigenvalue weighted by Crippen LogP contribution is -2.44. The van der Waals surface area contributed by atoms with E-state index in [-0.39, 0.29) is 11.2 Å². The summed E-state index contributed by atoms with van der Waals surface area (Å²) in [6.07, 6.45) is 0.720. The molecule has 1 amide bonds. The number of thioether (sulfide) groups is 1. The van der Waals surface area contributed by atoms with E-state index >= 15 is 0 Å². The van der Waals surface area contributed by atoms with Crippen LogP contribution in [0.5, 0.6) is 5.75 Å². The second-order valence-corrected chi connectivity index (χ2v) is 6.31. The van der Waals surface area contributed by atoms with Gasteiger partial charge < -0.3 is 14.7 Å². The molecule has 6 heteroatoms. The summed E-state index contributed by atoms with van der Waals surface area (Å²) in [5.41, 5.74) is 0.490. The minimum Gasteiger partial charge on any atom is -0.497 e. The van der Waals surface area contributed by atoms with Crippen molar-refractivity contribution in [3.05, 3.63) is 29.8 Å². The summed E-state index contributed by atoms with van der Waals surface area (Å²) in [4.78, 5) is 25.5. The zero-order valence-corrected chi connectivity index (χ0v) is 12.9. The van der Waals surface area contributed by atoms with Crippen molar-refractivity contribution in [3.63, 3.8) is 0 Å². The lowest BCUT2D eigenvalue weighted by Gasteiger charge is -2.24. The Morgan fingerprint density at radius 2 is 2.05 bits per heavy atom. The van der Waals surface area contributed by atoms with Crippen LogP contribution >= 0.6 is 11.8 Å². The van der Waals surface area contributed by atoms with Gasteiger partial charge in [-0.05, 0) is 36.4 Å². The fourth-order valence-corrected chi connectivity index (χ4v) is 3.72. The van der Waals surface area contributed by atoms with Gasteiger partial charge in [-0.2, -0.15) is 11.8 Å². The number of hydrogen-bond donors (Lipinski definition) is 1. The molecule has 1 heterocycles. The van der Waals surface area contributed by atoms with Gasteiger partial charge >= 0.3 is 5.97 Å². The molecular formula is C15H19NO4S. The lowest BCUT2D eigenvalue weighted by atomic mass is 10.1. The quantitative estimate of drug-likeness (QED) is 0.902. The summed E-state index contributed by atoms with van der Waals surface area (Å²) < 4.78 is 5.06. The first-order valence-electron chi connectivity index (χ1n) is 6.88. The van der Waals surface area contributed by atoms with Gasteiger partial charge in [0.15, 0.2) is 0 Å². The Bertz CT molecular complexity index is 517. The normalized spacial score (nSPS) is 21.3. The number of carboxylic acids is 1. The van der Waals surface area contributed by atoms with E-state index in [0.29, 0.717) is 17.9 Å². The topological polar surface area (TPSA) is 66.8 Å². The molecule has 1 aliphatic rings. The molecule has 114 valence electrons. The Labute approximate surface area is 128 Å². The maximum Gasteiger partial charge on any atom is 0.327 e. The number of carbonyl (C=O) groups excluding carboxylic acids is 1. The number of nitrogens with zero attached hydrogens (tertiary/aromatic N) is 1. The zero-order valence-electron chi connectivity index (χ0n) is 12.1. The number of carboxylic acid groups (broad SMARTS) is 1. The molecular weight excluding hydrogens is 290 g/mol. The summed E-state index contributed by atoms with van der Waals surface area (Å²) in [5.74, 6) is 0.352. The molecule has 1 aromatic carbocycles. The van der Waals surface area contributed by atoms with Crippen LogP contribution in [0.1, 0.15) is 23.7 Å². The average molecular weight is 309 g/mol. The number of benzene rings is 1. The number of hydrogen-bond acceptors (Lipinski definition) is 4. The van der Waals surface area contributed by atoms with Gasteiger partial charge in [0.1, 0.15) is 11.8 Å². The van der Waals surface area contributed by atoms with E-state index in [4.69, 9.17) is 4.74 Å². The zero-order chi connectivity index (χ0) is 15.4. The van der Waals surface area contributed by atoms with E-state index in [1.165, 1.54) is 4.90 Å². The van der Waals surface area contributed by atoms with Gasteiger partial charge in [0, 0.05) is 17.4 Å². The molecule has 0 spiro atoms. The molecule has 0 radical (unpaired) electrons. The number of methoxy groups -OCH3 is 1. The van der Waals surface area contributed by atoms with Crippen molar-refractivity contribution in [1.29, 1.82) is 0 Å². The molecule has 1 fully saturated rings. The van der Waals surface area contributed by atoms with Crippen LogP contribution in [0, 0.1) is 0 Å². The van der Waals surface area contributed by atoms with Crippen molar-refractivity contribution in [1.82, 2.24) is 4.90 Å². The highest BCUT2D eigenvalue weighted by atomic mass is 32.2. The van der Waals surface area contributed by atoms with Crippen molar-refractivity contribution in [2.24, 2.45) is 0 Å². The van der Waals surface area contributed by atoms with E-state index in [2.05, 4.69) is 0 Å². The first kappa shape index (κ1) is 15.7. The fourth-order valence-electron chi connectivity index (χ4n) is 2.57. The number of aliphatic carboxylic acids is 1. The van der Waals surface area contributed by atoms with E-state index in [1.807, 2.05) is 6.92 Å². The Hall–Kier alpha value is -1.69. The Kier molecular flexibility index (Phi) is 5.12. The number of rotatable bonds is 5. The van der Waals surface area contributed by atoms with E-state index in [9.17, 15) is 14.7 Å². The fraction of sp³-hybridized carbons (Fsp3) is 0.467. The van der Waals surface area contributed by atoms with Crippen LogP contribution in [-0.2, 0) is 4.79 Å². The first-order valence-corrected chi connectivity index (χ1v) is 7.92. The van der Waals surface area contributed by atoms with Gasteiger partial charge in [-0.25, -0.2) is 4.79 Å². The standard InChI is InChI=1S/C15H19NO4S/c1-3-21-12-8-9-16(13(12)15(18)19)14(17)10-4-6-11(20-2)7-5-10/h4-7,12-13H,3,8-9H2,1-2H3,(H,18,19). The van der Waals surface area contributed by atoms with E-state index < -0.39 is 12.0 Å². The minimum atomic E-state index is -0.930. The van der Waals surface area contributed by atoms with Crippen LogP contribution in [-0.4, -0.2) is 52.6 Å². The molecule has 2 atom stereocenters. The Morgan fingerprint density at radius 3 is 2.57 bits per heavy atom. The monoisotopic (exact) mass is 309 g/mol. The molecule has 0 bridgehead atoms. The largest absolute Gasteiger partial charge is 0.497 e.